The van der Waals surface area contributed by atoms with E-state index in [0.29, 0.717) is 12.7 Å². The predicted molar refractivity (Wildman–Crippen MR) is 114 cm³/mol. The summed E-state index contributed by atoms with van der Waals surface area (Å²) < 4.78 is 1.90. The highest BCUT2D eigenvalue weighted by Gasteiger charge is 2.32. The zero-order valence-corrected chi connectivity index (χ0v) is 17.7. The molecule has 0 unspecified atom stereocenters. The van der Waals surface area contributed by atoms with Crippen molar-refractivity contribution in [1.29, 1.82) is 0 Å². The van der Waals surface area contributed by atoms with E-state index in [4.69, 9.17) is 4.98 Å². The maximum atomic E-state index is 13.3. The molecule has 150 valence electrons. The van der Waals surface area contributed by atoms with E-state index >= 15 is 0 Å². The summed E-state index contributed by atoms with van der Waals surface area (Å²) in [6.07, 6.45) is 7.10. The van der Waals surface area contributed by atoms with Gasteiger partial charge in [-0.05, 0) is 63.3 Å². The maximum Gasteiger partial charge on any atom is 0.259 e. The summed E-state index contributed by atoms with van der Waals surface area (Å²) in [4.78, 5) is 22.9. The Kier molecular flexibility index (Phi) is 5.28. The van der Waals surface area contributed by atoms with E-state index in [9.17, 15) is 4.79 Å². The lowest BCUT2D eigenvalue weighted by atomic mass is 9.94. The number of benzene rings is 1. The van der Waals surface area contributed by atoms with Gasteiger partial charge < -0.3 is 0 Å². The van der Waals surface area contributed by atoms with Crippen molar-refractivity contribution >= 4 is 11.6 Å². The van der Waals surface area contributed by atoms with Crippen LogP contribution in [-0.2, 0) is 13.1 Å². The Morgan fingerprint density at radius 2 is 1.79 bits per heavy atom. The van der Waals surface area contributed by atoms with Gasteiger partial charge in [0.1, 0.15) is 0 Å². The summed E-state index contributed by atoms with van der Waals surface area (Å²) in [5.74, 6) is 0.787. The number of aryl methyl sites for hydroxylation is 3. The molecule has 5 heteroatoms. The Labute approximate surface area is 168 Å². The van der Waals surface area contributed by atoms with Gasteiger partial charge in [0.05, 0.1) is 13.3 Å². The van der Waals surface area contributed by atoms with Crippen molar-refractivity contribution in [3.63, 3.8) is 0 Å². The molecule has 0 spiro atoms. The highest BCUT2D eigenvalue weighted by molar-refractivity contribution is 5.60. The van der Waals surface area contributed by atoms with Crippen molar-refractivity contribution in [1.82, 2.24) is 14.5 Å². The second kappa shape index (κ2) is 7.70. The van der Waals surface area contributed by atoms with Gasteiger partial charge in [0.2, 0.25) is 5.95 Å². The van der Waals surface area contributed by atoms with Gasteiger partial charge in [0, 0.05) is 23.0 Å². The lowest BCUT2D eigenvalue weighted by molar-refractivity contribution is 0.107. The van der Waals surface area contributed by atoms with Gasteiger partial charge in [-0.15, -0.1) is 0 Å². The third kappa shape index (κ3) is 3.37. The van der Waals surface area contributed by atoms with E-state index < -0.39 is 0 Å². The molecule has 1 saturated carbocycles. The molecule has 1 aliphatic heterocycles. The van der Waals surface area contributed by atoms with Gasteiger partial charge in [-0.2, -0.15) is 0 Å². The minimum Gasteiger partial charge on any atom is -0.298 e. The Bertz CT molecular complexity index is 927. The molecular formula is C23H32N4O. The largest absolute Gasteiger partial charge is 0.298 e. The minimum absolute atomic E-state index is 0.124. The first-order chi connectivity index (χ1) is 13.5. The van der Waals surface area contributed by atoms with Crippen molar-refractivity contribution in [3.8, 4) is 0 Å². The summed E-state index contributed by atoms with van der Waals surface area (Å²) in [6, 6.07) is 7.10. The number of hydrogen-bond donors (Lipinski definition) is 0. The standard InChI is InChI=1S/C23H32N4O/c1-5-21-18(4)24-23-26(20-12-11-16(2)17(3)13-20)14-25(15-27(23)22(21)28)19-9-7-6-8-10-19/h11-13,19H,5-10,14-15H2,1-4H3. The molecule has 2 aliphatic rings. The van der Waals surface area contributed by atoms with E-state index in [2.05, 4.69) is 41.8 Å². The van der Waals surface area contributed by atoms with Crippen molar-refractivity contribution in [3.05, 3.63) is 50.9 Å². The number of anilines is 2. The van der Waals surface area contributed by atoms with E-state index in [-0.39, 0.29) is 5.56 Å². The number of aromatic nitrogens is 2. The van der Waals surface area contributed by atoms with Gasteiger partial charge >= 0.3 is 0 Å². The molecule has 1 fully saturated rings. The predicted octanol–water partition coefficient (Wildman–Crippen LogP) is 4.43. The molecule has 1 aromatic carbocycles. The summed E-state index contributed by atoms with van der Waals surface area (Å²) in [6.45, 7) is 9.74. The molecular weight excluding hydrogens is 348 g/mol. The smallest absolute Gasteiger partial charge is 0.259 e. The fourth-order valence-electron chi connectivity index (χ4n) is 4.67. The Morgan fingerprint density at radius 3 is 2.46 bits per heavy atom. The Balaban J connectivity index is 1.82. The van der Waals surface area contributed by atoms with Gasteiger partial charge in [0.15, 0.2) is 0 Å². The van der Waals surface area contributed by atoms with Crippen LogP contribution in [0.2, 0.25) is 0 Å². The first-order valence-electron chi connectivity index (χ1n) is 10.7. The lowest BCUT2D eigenvalue weighted by Gasteiger charge is -2.43. The number of hydrogen-bond acceptors (Lipinski definition) is 4. The van der Waals surface area contributed by atoms with Crippen LogP contribution in [-0.4, -0.2) is 27.2 Å². The summed E-state index contributed by atoms with van der Waals surface area (Å²) in [7, 11) is 0. The van der Waals surface area contributed by atoms with Gasteiger partial charge in [-0.1, -0.05) is 32.3 Å². The van der Waals surface area contributed by atoms with Crippen LogP contribution < -0.4 is 10.5 Å². The second-order valence-corrected chi connectivity index (χ2v) is 8.42. The second-order valence-electron chi connectivity index (χ2n) is 8.42. The first-order valence-corrected chi connectivity index (χ1v) is 10.7. The van der Waals surface area contributed by atoms with Crippen LogP contribution in [0.5, 0.6) is 0 Å². The Hall–Kier alpha value is -2.14. The van der Waals surface area contributed by atoms with Crippen LogP contribution in [0.1, 0.15) is 61.4 Å². The third-order valence-electron chi connectivity index (χ3n) is 6.58. The summed E-state index contributed by atoms with van der Waals surface area (Å²) in [5, 5.41) is 0. The molecule has 2 aromatic rings. The molecule has 1 aromatic heterocycles. The molecule has 4 rings (SSSR count). The topological polar surface area (TPSA) is 41.4 Å². The van der Waals surface area contributed by atoms with E-state index in [1.165, 1.54) is 43.2 Å². The highest BCUT2D eigenvalue weighted by atomic mass is 16.1. The van der Waals surface area contributed by atoms with Crippen molar-refractivity contribution in [2.75, 3.05) is 11.6 Å². The number of nitrogens with zero attached hydrogens (tertiary/aromatic N) is 4. The monoisotopic (exact) mass is 380 g/mol. The number of rotatable bonds is 3. The van der Waals surface area contributed by atoms with Crippen molar-refractivity contribution in [2.45, 2.75) is 78.9 Å². The third-order valence-corrected chi connectivity index (χ3v) is 6.58. The fourth-order valence-corrected chi connectivity index (χ4v) is 4.67. The number of fused-ring (bicyclic) bond motifs is 1. The Morgan fingerprint density at radius 1 is 1.04 bits per heavy atom. The summed E-state index contributed by atoms with van der Waals surface area (Å²) >= 11 is 0. The first kappa shape index (κ1) is 19.2. The minimum atomic E-state index is 0.124. The molecule has 0 saturated heterocycles. The van der Waals surface area contributed by atoms with Crippen molar-refractivity contribution in [2.24, 2.45) is 0 Å². The molecule has 28 heavy (non-hydrogen) atoms. The van der Waals surface area contributed by atoms with E-state index in [0.717, 1.165) is 36.0 Å². The van der Waals surface area contributed by atoms with Crippen molar-refractivity contribution < 1.29 is 0 Å². The lowest BCUT2D eigenvalue weighted by Crippen LogP contribution is -2.52. The van der Waals surface area contributed by atoms with Crippen LogP contribution in [0.15, 0.2) is 23.0 Å². The van der Waals surface area contributed by atoms with E-state index in [1.807, 2.05) is 18.4 Å². The SMILES string of the molecule is CCc1c(C)nc2n(c1=O)CN(C1CCCCC1)CN2c1ccc(C)c(C)c1. The van der Waals surface area contributed by atoms with Crippen LogP contribution >= 0.6 is 0 Å². The maximum absolute atomic E-state index is 13.3. The fraction of sp³-hybridized carbons (Fsp3) is 0.565. The quantitative estimate of drug-likeness (QED) is 0.790. The zero-order valence-electron chi connectivity index (χ0n) is 17.7. The van der Waals surface area contributed by atoms with Gasteiger partial charge in [0.25, 0.3) is 5.56 Å². The van der Waals surface area contributed by atoms with Gasteiger partial charge in [-0.25, -0.2) is 4.98 Å². The van der Waals surface area contributed by atoms with Crippen LogP contribution in [0.4, 0.5) is 11.6 Å². The molecule has 0 atom stereocenters. The molecule has 2 heterocycles. The molecule has 0 N–H and O–H groups in total. The van der Waals surface area contributed by atoms with Gasteiger partial charge in [-0.3, -0.25) is 19.2 Å². The summed E-state index contributed by atoms with van der Waals surface area (Å²) in [5.41, 5.74) is 5.50. The van der Waals surface area contributed by atoms with E-state index in [1.54, 1.807) is 0 Å². The molecule has 1 aliphatic carbocycles. The normalized spacial score (nSPS) is 18.4. The van der Waals surface area contributed by atoms with Crippen LogP contribution in [0.3, 0.4) is 0 Å². The van der Waals surface area contributed by atoms with Crippen LogP contribution in [0, 0.1) is 20.8 Å². The molecule has 0 radical (unpaired) electrons. The highest BCUT2D eigenvalue weighted by Crippen LogP contribution is 2.32. The average Bonchev–Trinajstić information content (AvgIpc) is 2.70. The molecule has 0 amide bonds. The zero-order chi connectivity index (χ0) is 19.8. The molecule has 5 nitrogen and oxygen atoms in total. The average molecular weight is 381 g/mol. The molecule has 0 bridgehead atoms. The van der Waals surface area contributed by atoms with Crippen LogP contribution in [0.25, 0.3) is 0 Å².